The molecule has 1 atom stereocenters. The molecule has 2 aliphatic rings. The van der Waals surface area contributed by atoms with E-state index in [-0.39, 0.29) is 0 Å². The molecule has 2 nitrogen and oxygen atoms in total. The number of nitrogens with one attached hydrogen (secondary N) is 1. The van der Waals surface area contributed by atoms with Gasteiger partial charge in [0.05, 0.1) is 0 Å². The lowest BCUT2D eigenvalue weighted by Crippen LogP contribution is -2.53. The van der Waals surface area contributed by atoms with Crippen molar-refractivity contribution in [1.29, 1.82) is 0 Å². The monoisotopic (exact) mass is 233 g/mol. The smallest absolute Gasteiger partial charge is 0.0301 e. The zero-order valence-corrected chi connectivity index (χ0v) is 11.7. The van der Waals surface area contributed by atoms with Crippen LogP contribution in [0.2, 0.25) is 0 Å². The molecule has 0 saturated carbocycles. The molecule has 0 aromatic heterocycles. The molecule has 0 amide bonds. The third-order valence-corrected chi connectivity index (χ3v) is 4.69. The molecule has 2 heterocycles. The van der Waals surface area contributed by atoms with Gasteiger partial charge < -0.3 is 5.32 Å². The lowest BCUT2D eigenvalue weighted by atomic mass is 9.79. The van der Waals surface area contributed by atoms with Crippen LogP contribution in [0.4, 0.5) is 0 Å². The quantitative estimate of drug-likeness (QED) is 0.697. The lowest BCUT2D eigenvalue weighted by Gasteiger charge is -2.46. The Morgan fingerprint density at radius 3 is 2.13 bits per heavy atom. The highest BCUT2D eigenvalue weighted by atomic mass is 32.2. The van der Waals surface area contributed by atoms with E-state index in [1.54, 1.807) is 0 Å². The van der Waals surface area contributed by atoms with Crippen LogP contribution in [0.25, 0.3) is 0 Å². The maximum absolute atomic E-state index is 11.0. The van der Waals surface area contributed by atoms with Crippen LogP contribution in [0.1, 0.15) is 47.5 Å². The van der Waals surface area contributed by atoms with Crippen molar-refractivity contribution in [2.75, 3.05) is 18.1 Å². The largest absolute Gasteiger partial charge is 0.314 e. The fraction of sp³-hybridized carbons (Fsp3) is 1.00. The summed E-state index contributed by atoms with van der Waals surface area (Å²) in [5, 5.41) is 3.42. The lowest BCUT2D eigenvalue weighted by molar-refractivity contribution is 0.210. The molecule has 0 bridgehead atoms. The highest BCUT2D eigenvalue weighted by molar-refractivity contribution is 7.86. The number of hydrogen-bond acceptors (Lipinski definition) is 2. The van der Waals surface area contributed by atoms with Crippen LogP contribution in [0.5, 0.6) is 0 Å². The molecule has 2 rings (SSSR count). The third kappa shape index (κ3) is 4.23. The molecule has 0 radical (unpaired) electrons. The number of hydrogen-bond donors (Lipinski definition) is 1. The summed E-state index contributed by atoms with van der Waals surface area (Å²) in [7, 11) is -0.472. The van der Waals surface area contributed by atoms with Crippen molar-refractivity contribution in [2.24, 2.45) is 5.41 Å². The SMILES string of the molecule is CC.CC.CC1CC2(CCN1)CS(=O)C2. The molecule has 0 aromatic carbocycles. The maximum atomic E-state index is 11.0. The summed E-state index contributed by atoms with van der Waals surface area (Å²) < 4.78 is 11.0. The van der Waals surface area contributed by atoms with E-state index in [2.05, 4.69) is 12.2 Å². The minimum Gasteiger partial charge on any atom is -0.314 e. The Morgan fingerprint density at radius 1 is 1.20 bits per heavy atom. The molecule has 2 aliphatic heterocycles. The topological polar surface area (TPSA) is 29.1 Å². The first-order valence-electron chi connectivity index (χ1n) is 6.29. The van der Waals surface area contributed by atoms with Gasteiger partial charge in [-0.1, -0.05) is 27.7 Å². The van der Waals surface area contributed by atoms with E-state index in [0.717, 1.165) is 18.1 Å². The summed E-state index contributed by atoms with van der Waals surface area (Å²) in [6, 6.07) is 0.640. The first-order valence-corrected chi connectivity index (χ1v) is 7.77. The predicted octanol–water partition coefficient (Wildman–Crippen LogP) is 2.56. The van der Waals surface area contributed by atoms with Gasteiger partial charge in [0.1, 0.15) is 0 Å². The van der Waals surface area contributed by atoms with Gasteiger partial charge in [0.15, 0.2) is 0 Å². The second-order valence-corrected chi connectivity index (χ2v) is 5.49. The van der Waals surface area contributed by atoms with Gasteiger partial charge in [-0.25, -0.2) is 0 Å². The average molecular weight is 233 g/mol. The van der Waals surface area contributed by atoms with Gasteiger partial charge in [0.25, 0.3) is 0 Å². The summed E-state index contributed by atoms with van der Waals surface area (Å²) in [6.07, 6.45) is 2.47. The Hall–Kier alpha value is 0.110. The summed E-state index contributed by atoms with van der Waals surface area (Å²) >= 11 is 0. The Balaban J connectivity index is 0.000000442. The number of piperidine rings is 1. The van der Waals surface area contributed by atoms with Crippen LogP contribution in [0.15, 0.2) is 0 Å². The highest BCUT2D eigenvalue weighted by Crippen LogP contribution is 2.40. The van der Waals surface area contributed by atoms with Crippen LogP contribution in [0, 0.1) is 5.41 Å². The number of rotatable bonds is 0. The summed E-state index contributed by atoms with van der Waals surface area (Å²) in [5.41, 5.74) is 0.482. The standard InChI is InChI=1S/C8H15NOS.2C2H6/c1-7-4-8(2-3-9-7)5-11(10)6-8;2*1-2/h7,9H,2-6H2,1H3;2*1-2H3. The summed E-state index contributed by atoms with van der Waals surface area (Å²) in [4.78, 5) is 0. The fourth-order valence-corrected chi connectivity index (χ4v) is 4.12. The summed E-state index contributed by atoms with van der Waals surface area (Å²) in [6.45, 7) is 11.3. The van der Waals surface area contributed by atoms with Crippen molar-refractivity contribution in [3.05, 3.63) is 0 Å². The molecule has 1 spiro atoms. The average Bonchev–Trinajstić information content (AvgIpc) is 2.22. The van der Waals surface area contributed by atoms with E-state index in [9.17, 15) is 4.21 Å². The van der Waals surface area contributed by atoms with E-state index in [4.69, 9.17) is 0 Å². The van der Waals surface area contributed by atoms with Crippen LogP contribution in [-0.4, -0.2) is 28.3 Å². The van der Waals surface area contributed by atoms with Crippen LogP contribution >= 0.6 is 0 Å². The van der Waals surface area contributed by atoms with Crippen molar-refractivity contribution < 1.29 is 4.21 Å². The van der Waals surface area contributed by atoms with Crippen molar-refractivity contribution in [3.8, 4) is 0 Å². The molecule has 1 unspecified atom stereocenters. The first-order chi connectivity index (χ1) is 7.20. The van der Waals surface area contributed by atoms with Gasteiger partial charge in [-0.15, -0.1) is 0 Å². The van der Waals surface area contributed by atoms with Gasteiger partial charge >= 0.3 is 0 Å². The van der Waals surface area contributed by atoms with E-state index in [1.165, 1.54) is 12.8 Å². The molecule has 92 valence electrons. The molecule has 3 heteroatoms. The summed E-state index contributed by atoms with van der Waals surface area (Å²) in [5.74, 6) is 1.94. The molecule has 1 N–H and O–H groups in total. The third-order valence-electron chi connectivity index (χ3n) is 2.82. The Kier molecular flexibility index (Phi) is 7.45. The van der Waals surface area contributed by atoms with Gasteiger partial charge in [0, 0.05) is 28.3 Å². The second kappa shape index (κ2) is 7.39. The zero-order chi connectivity index (χ0) is 11.9. The second-order valence-electron chi connectivity index (χ2n) is 4.04. The van der Waals surface area contributed by atoms with Crippen molar-refractivity contribution in [2.45, 2.75) is 53.5 Å². The van der Waals surface area contributed by atoms with Crippen LogP contribution in [0.3, 0.4) is 0 Å². The molecule has 0 aliphatic carbocycles. The van der Waals surface area contributed by atoms with E-state index in [1.807, 2.05) is 27.7 Å². The van der Waals surface area contributed by atoms with Crippen molar-refractivity contribution >= 4 is 10.8 Å². The van der Waals surface area contributed by atoms with Crippen LogP contribution in [-0.2, 0) is 10.8 Å². The normalized spacial score (nSPS) is 37.9. The molecule has 2 saturated heterocycles. The van der Waals surface area contributed by atoms with Gasteiger partial charge in [0.2, 0.25) is 0 Å². The first kappa shape index (κ1) is 15.1. The van der Waals surface area contributed by atoms with Gasteiger partial charge in [-0.3, -0.25) is 4.21 Å². The van der Waals surface area contributed by atoms with E-state index >= 15 is 0 Å². The highest BCUT2D eigenvalue weighted by Gasteiger charge is 2.44. The molecule has 15 heavy (non-hydrogen) atoms. The molecular formula is C12H27NOS. The van der Waals surface area contributed by atoms with E-state index in [0.29, 0.717) is 11.5 Å². The van der Waals surface area contributed by atoms with Crippen molar-refractivity contribution in [1.82, 2.24) is 5.32 Å². The molecular weight excluding hydrogens is 206 g/mol. The van der Waals surface area contributed by atoms with Crippen LogP contribution < -0.4 is 5.32 Å². The zero-order valence-electron chi connectivity index (χ0n) is 10.9. The minimum atomic E-state index is -0.472. The Labute approximate surface area is 97.7 Å². The predicted molar refractivity (Wildman–Crippen MR) is 69.7 cm³/mol. The Bertz CT molecular complexity index is 186. The molecule has 0 aromatic rings. The van der Waals surface area contributed by atoms with Gasteiger partial charge in [-0.2, -0.15) is 0 Å². The fourth-order valence-electron chi connectivity index (χ4n) is 2.31. The van der Waals surface area contributed by atoms with E-state index < -0.39 is 10.8 Å². The Morgan fingerprint density at radius 2 is 1.73 bits per heavy atom. The minimum absolute atomic E-state index is 0.472. The van der Waals surface area contributed by atoms with Gasteiger partial charge in [-0.05, 0) is 31.7 Å². The van der Waals surface area contributed by atoms with Crippen molar-refractivity contribution in [3.63, 3.8) is 0 Å². The molecule has 2 fully saturated rings. The maximum Gasteiger partial charge on any atom is 0.0301 e.